The number of rotatable bonds is 6. The van der Waals surface area contributed by atoms with E-state index in [0.29, 0.717) is 23.1 Å². The Hall–Kier alpha value is -3.52. The number of imidazole rings is 1. The largest absolute Gasteiger partial charge is 0.495 e. The standard InChI is InChI=1S/C30H35N5O3/c1-33-28-23(11-20(13-26(28)38-3)30(36)34-16-19-9-10-21(34)14-22(19)31)32-29(33)24-12-18-5-4-6-25(37-2)27(18)35(24)15-17-7-8-17/h4-6,11-13,17,19,21-22H,7-10,14-16,31H2,1-3H3/t19-,21-,22+/m1/s1. The van der Waals surface area contributed by atoms with Crippen molar-refractivity contribution in [1.29, 1.82) is 0 Å². The zero-order valence-electron chi connectivity index (χ0n) is 22.3. The van der Waals surface area contributed by atoms with Crippen molar-refractivity contribution in [3.8, 4) is 23.0 Å². The number of para-hydroxylation sites is 1. The number of nitrogens with two attached hydrogens (primary N) is 1. The van der Waals surface area contributed by atoms with Crippen LogP contribution in [0.1, 0.15) is 42.5 Å². The number of piperidine rings is 2. The number of amides is 1. The Morgan fingerprint density at radius 1 is 1.05 bits per heavy atom. The average molecular weight is 514 g/mol. The Labute approximate surface area is 222 Å². The molecule has 4 aliphatic rings. The molecular weight excluding hydrogens is 478 g/mol. The molecule has 2 bridgehead atoms. The minimum atomic E-state index is 0.0478. The Kier molecular flexibility index (Phi) is 5.44. The lowest BCUT2D eigenvalue weighted by Gasteiger charge is -2.48. The molecule has 0 spiro atoms. The third kappa shape index (κ3) is 3.61. The monoisotopic (exact) mass is 513 g/mol. The summed E-state index contributed by atoms with van der Waals surface area (Å²) in [5.41, 5.74) is 10.8. The highest BCUT2D eigenvalue weighted by Crippen LogP contribution is 2.41. The smallest absolute Gasteiger partial charge is 0.254 e. The van der Waals surface area contributed by atoms with Gasteiger partial charge in [-0.15, -0.1) is 0 Å². The number of hydrogen-bond donors (Lipinski definition) is 1. The second-order valence-corrected chi connectivity index (χ2v) is 11.4. The zero-order valence-corrected chi connectivity index (χ0v) is 22.3. The fourth-order valence-corrected chi connectivity index (χ4v) is 6.78. The van der Waals surface area contributed by atoms with Crippen LogP contribution in [0.15, 0.2) is 36.4 Å². The Morgan fingerprint density at radius 3 is 2.55 bits per heavy atom. The normalized spacial score (nSPS) is 22.9. The van der Waals surface area contributed by atoms with E-state index in [1.807, 2.05) is 36.2 Å². The summed E-state index contributed by atoms with van der Waals surface area (Å²) < 4.78 is 16.0. The molecule has 0 unspecified atom stereocenters. The highest BCUT2D eigenvalue weighted by atomic mass is 16.5. The molecule has 4 aromatic rings. The Bertz CT molecular complexity index is 1570. The van der Waals surface area contributed by atoms with Crippen LogP contribution in [-0.4, -0.2) is 57.8 Å². The first kappa shape index (κ1) is 23.6. The molecule has 2 aromatic heterocycles. The average Bonchev–Trinajstić information content (AvgIpc) is 3.60. The third-order valence-electron chi connectivity index (χ3n) is 9.02. The second-order valence-electron chi connectivity index (χ2n) is 11.4. The lowest BCUT2D eigenvalue weighted by Crippen LogP contribution is -2.58. The van der Waals surface area contributed by atoms with Crippen LogP contribution in [0, 0.1) is 11.8 Å². The van der Waals surface area contributed by atoms with Gasteiger partial charge in [-0.2, -0.15) is 0 Å². The van der Waals surface area contributed by atoms with Crippen LogP contribution in [0.25, 0.3) is 33.5 Å². The number of hydrogen-bond acceptors (Lipinski definition) is 5. The molecule has 0 radical (unpaired) electrons. The molecule has 8 heteroatoms. The van der Waals surface area contributed by atoms with E-state index in [9.17, 15) is 4.79 Å². The minimum Gasteiger partial charge on any atom is -0.495 e. The van der Waals surface area contributed by atoms with Crippen LogP contribution in [0.3, 0.4) is 0 Å². The maximum Gasteiger partial charge on any atom is 0.254 e. The number of aromatic nitrogens is 3. The second kappa shape index (κ2) is 8.76. The molecule has 4 heterocycles. The van der Waals surface area contributed by atoms with Crippen molar-refractivity contribution >= 4 is 27.8 Å². The molecule has 8 nitrogen and oxygen atoms in total. The molecule has 198 valence electrons. The molecule has 1 amide bonds. The van der Waals surface area contributed by atoms with E-state index in [1.54, 1.807) is 14.2 Å². The van der Waals surface area contributed by atoms with Gasteiger partial charge in [0.2, 0.25) is 0 Å². The molecule has 2 saturated carbocycles. The quantitative estimate of drug-likeness (QED) is 0.408. The molecular formula is C30H35N5O3. The van der Waals surface area contributed by atoms with Gasteiger partial charge in [0.1, 0.15) is 17.0 Å². The van der Waals surface area contributed by atoms with Gasteiger partial charge < -0.3 is 29.2 Å². The summed E-state index contributed by atoms with van der Waals surface area (Å²) >= 11 is 0. The maximum atomic E-state index is 13.7. The van der Waals surface area contributed by atoms with E-state index in [2.05, 4.69) is 21.3 Å². The number of carbonyl (C=O) groups excluding carboxylic acids is 1. The predicted octanol–water partition coefficient (Wildman–Crippen LogP) is 4.57. The third-order valence-corrected chi connectivity index (χ3v) is 9.02. The van der Waals surface area contributed by atoms with Gasteiger partial charge >= 0.3 is 0 Å². The molecule has 38 heavy (non-hydrogen) atoms. The van der Waals surface area contributed by atoms with Crippen LogP contribution >= 0.6 is 0 Å². The predicted molar refractivity (Wildman–Crippen MR) is 148 cm³/mol. The van der Waals surface area contributed by atoms with Gasteiger partial charge in [-0.25, -0.2) is 4.98 Å². The number of ether oxygens (including phenoxy) is 2. The molecule has 2 aromatic carbocycles. The lowest BCUT2D eigenvalue weighted by atomic mass is 9.76. The van der Waals surface area contributed by atoms with E-state index in [4.69, 9.17) is 20.2 Å². The van der Waals surface area contributed by atoms with Crippen LogP contribution in [0.5, 0.6) is 11.5 Å². The Balaban J connectivity index is 1.35. The van der Waals surface area contributed by atoms with Crippen LogP contribution in [-0.2, 0) is 13.6 Å². The maximum absolute atomic E-state index is 13.7. The molecule has 2 aliphatic carbocycles. The molecule has 2 N–H and O–H groups in total. The number of fused-ring (bicyclic) bond motifs is 5. The number of methoxy groups -OCH3 is 2. The SMILES string of the molecule is COc1cc(C(=O)N2C[C@H]3CC[C@@H]2C[C@@H]3N)cc2nc(-c3cc4cccc(OC)c4n3CC3CC3)n(C)c12. The summed E-state index contributed by atoms with van der Waals surface area (Å²) in [5.74, 6) is 3.50. The molecule has 8 rings (SSSR count). The fraction of sp³-hybridized carbons (Fsp3) is 0.467. The fourth-order valence-electron chi connectivity index (χ4n) is 6.78. The molecule has 3 atom stereocenters. The number of benzene rings is 2. The topological polar surface area (TPSA) is 87.5 Å². The van der Waals surface area contributed by atoms with Crippen molar-refractivity contribution in [2.45, 2.75) is 50.7 Å². The summed E-state index contributed by atoms with van der Waals surface area (Å²) in [4.78, 5) is 20.9. The highest BCUT2D eigenvalue weighted by Gasteiger charge is 2.41. The number of nitrogens with zero attached hydrogens (tertiary/aromatic N) is 4. The summed E-state index contributed by atoms with van der Waals surface area (Å²) in [6.07, 6.45) is 5.53. The van der Waals surface area contributed by atoms with Gasteiger partial charge in [0, 0.05) is 43.2 Å². The van der Waals surface area contributed by atoms with Crippen molar-refractivity contribution in [3.63, 3.8) is 0 Å². The lowest BCUT2D eigenvalue weighted by molar-refractivity contribution is 0.0261. The minimum absolute atomic E-state index is 0.0478. The first-order chi connectivity index (χ1) is 18.5. The van der Waals surface area contributed by atoms with E-state index in [0.717, 1.165) is 71.6 Å². The van der Waals surface area contributed by atoms with Crippen molar-refractivity contribution in [3.05, 3.63) is 42.0 Å². The van der Waals surface area contributed by atoms with Crippen molar-refractivity contribution < 1.29 is 14.3 Å². The first-order valence-electron chi connectivity index (χ1n) is 13.7. The zero-order chi connectivity index (χ0) is 26.1. The van der Waals surface area contributed by atoms with Crippen LogP contribution < -0.4 is 15.2 Å². The summed E-state index contributed by atoms with van der Waals surface area (Å²) in [6.45, 7) is 1.67. The highest BCUT2D eigenvalue weighted by molar-refractivity contribution is 6.00. The Morgan fingerprint density at radius 2 is 1.87 bits per heavy atom. The van der Waals surface area contributed by atoms with Gasteiger partial charge in [0.25, 0.3) is 5.91 Å². The molecule has 2 saturated heterocycles. The van der Waals surface area contributed by atoms with E-state index < -0.39 is 0 Å². The molecule has 2 aliphatic heterocycles. The molecule has 4 fully saturated rings. The summed E-state index contributed by atoms with van der Waals surface area (Å²) in [6, 6.07) is 12.6. The summed E-state index contributed by atoms with van der Waals surface area (Å²) in [7, 11) is 5.41. The van der Waals surface area contributed by atoms with Crippen LogP contribution in [0.2, 0.25) is 0 Å². The first-order valence-corrected chi connectivity index (χ1v) is 13.7. The van der Waals surface area contributed by atoms with Gasteiger partial charge in [-0.05, 0) is 68.2 Å². The van der Waals surface area contributed by atoms with E-state index >= 15 is 0 Å². The van der Waals surface area contributed by atoms with Crippen LogP contribution in [0.4, 0.5) is 0 Å². The summed E-state index contributed by atoms with van der Waals surface area (Å²) in [5, 5.41) is 1.13. The number of carbonyl (C=O) groups is 1. The van der Waals surface area contributed by atoms with E-state index in [1.165, 1.54) is 12.8 Å². The van der Waals surface area contributed by atoms with Gasteiger partial charge in [0.15, 0.2) is 5.82 Å². The van der Waals surface area contributed by atoms with Gasteiger partial charge in [-0.3, -0.25) is 4.79 Å². The van der Waals surface area contributed by atoms with Crippen molar-refractivity contribution in [2.24, 2.45) is 24.6 Å². The van der Waals surface area contributed by atoms with Gasteiger partial charge in [0.05, 0.1) is 30.9 Å². The van der Waals surface area contributed by atoms with Crippen molar-refractivity contribution in [2.75, 3.05) is 20.8 Å². The van der Waals surface area contributed by atoms with Crippen molar-refractivity contribution in [1.82, 2.24) is 19.0 Å². The van der Waals surface area contributed by atoms with Gasteiger partial charge in [-0.1, -0.05) is 12.1 Å². The number of aryl methyl sites for hydroxylation is 1. The van der Waals surface area contributed by atoms with E-state index in [-0.39, 0.29) is 18.0 Å².